The largest absolute Gasteiger partial charge is 0.338 e. The number of hydrogen-bond acceptors (Lipinski definition) is 3. The van der Waals surface area contributed by atoms with E-state index in [0.29, 0.717) is 27.3 Å². The molecule has 0 aliphatic rings. The second kappa shape index (κ2) is 6.25. The summed E-state index contributed by atoms with van der Waals surface area (Å²) in [5.41, 5.74) is 0.411. The Labute approximate surface area is 115 Å². The molecule has 0 bridgehead atoms. The van der Waals surface area contributed by atoms with Crippen molar-refractivity contribution in [2.45, 2.75) is 13.8 Å². The number of halogens is 2. The first-order valence-electron chi connectivity index (χ1n) is 5.13. The van der Waals surface area contributed by atoms with E-state index in [1.165, 1.54) is 11.3 Å². The van der Waals surface area contributed by atoms with Crippen LogP contribution >= 0.6 is 34.5 Å². The molecule has 0 fully saturated rings. The predicted molar refractivity (Wildman–Crippen MR) is 70.7 cm³/mol. The number of thiophene rings is 1. The zero-order valence-electron chi connectivity index (χ0n) is 9.54. The summed E-state index contributed by atoms with van der Waals surface area (Å²) in [6.07, 6.45) is 0. The molecule has 0 radical (unpaired) electrons. The first kappa shape index (κ1) is 14.3. The van der Waals surface area contributed by atoms with Crippen molar-refractivity contribution in [1.29, 1.82) is 5.26 Å². The summed E-state index contributed by atoms with van der Waals surface area (Å²) in [7, 11) is 0. The monoisotopic (exact) mass is 290 g/mol. The Morgan fingerprint density at radius 1 is 1.65 bits per heavy atom. The van der Waals surface area contributed by atoms with Gasteiger partial charge in [0.15, 0.2) is 0 Å². The first-order valence-corrected chi connectivity index (χ1v) is 6.70. The summed E-state index contributed by atoms with van der Waals surface area (Å²) < 4.78 is 0.880. The fourth-order valence-corrected chi connectivity index (χ4v) is 2.83. The average Bonchev–Trinajstić information content (AvgIpc) is 2.64. The Morgan fingerprint density at radius 3 is 2.71 bits per heavy atom. The Balaban J connectivity index is 2.87. The standard InChI is InChI=1S/C11H12Cl2N2OS/c1-3-15(6-7(2)5-14)11(16)8-4-9(12)17-10(8)13/h4,7H,3,6H2,1-2H3. The van der Waals surface area contributed by atoms with Crippen LogP contribution < -0.4 is 0 Å². The molecule has 3 nitrogen and oxygen atoms in total. The fraction of sp³-hybridized carbons (Fsp3) is 0.455. The number of carbonyl (C=O) groups is 1. The number of carbonyl (C=O) groups excluding carboxylic acids is 1. The van der Waals surface area contributed by atoms with Gasteiger partial charge in [-0.15, -0.1) is 11.3 Å². The minimum absolute atomic E-state index is 0.178. The molecule has 0 aromatic carbocycles. The van der Waals surface area contributed by atoms with E-state index in [9.17, 15) is 4.79 Å². The van der Waals surface area contributed by atoms with Gasteiger partial charge in [-0.3, -0.25) is 4.79 Å². The van der Waals surface area contributed by atoms with Crippen LogP contribution in [-0.4, -0.2) is 23.9 Å². The highest BCUT2D eigenvalue weighted by Crippen LogP contribution is 2.32. The van der Waals surface area contributed by atoms with Crippen molar-refractivity contribution in [2.24, 2.45) is 5.92 Å². The van der Waals surface area contributed by atoms with E-state index < -0.39 is 0 Å². The van der Waals surface area contributed by atoms with Crippen molar-refractivity contribution in [2.75, 3.05) is 13.1 Å². The van der Waals surface area contributed by atoms with Crippen LogP contribution in [0.5, 0.6) is 0 Å². The molecule has 1 aromatic heterocycles. The molecule has 0 aliphatic heterocycles. The molecule has 6 heteroatoms. The van der Waals surface area contributed by atoms with E-state index in [1.54, 1.807) is 17.9 Å². The number of hydrogen-bond donors (Lipinski definition) is 0. The molecule has 0 saturated heterocycles. The Morgan fingerprint density at radius 2 is 2.29 bits per heavy atom. The van der Waals surface area contributed by atoms with Crippen LogP contribution in [0.1, 0.15) is 24.2 Å². The SMILES string of the molecule is CCN(CC(C)C#N)C(=O)c1cc(Cl)sc1Cl. The highest BCUT2D eigenvalue weighted by Gasteiger charge is 2.21. The first-order chi connectivity index (χ1) is 7.99. The summed E-state index contributed by atoms with van der Waals surface area (Å²) in [6.45, 7) is 4.58. The molecular weight excluding hydrogens is 279 g/mol. The number of nitrogens with zero attached hydrogens (tertiary/aromatic N) is 2. The van der Waals surface area contributed by atoms with E-state index in [-0.39, 0.29) is 11.8 Å². The lowest BCUT2D eigenvalue weighted by Crippen LogP contribution is -2.34. The Hall–Kier alpha value is -0.760. The second-order valence-corrected chi connectivity index (χ2v) is 5.90. The molecule has 92 valence electrons. The van der Waals surface area contributed by atoms with Gasteiger partial charge in [0.1, 0.15) is 4.34 Å². The summed E-state index contributed by atoms with van der Waals surface area (Å²) in [5, 5.41) is 8.76. The van der Waals surface area contributed by atoms with Gasteiger partial charge in [0.2, 0.25) is 0 Å². The van der Waals surface area contributed by atoms with Gasteiger partial charge in [-0.1, -0.05) is 23.2 Å². The maximum Gasteiger partial charge on any atom is 0.256 e. The quantitative estimate of drug-likeness (QED) is 0.849. The van der Waals surface area contributed by atoms with Crippen LogP contribution in [0.15, 0.2) is 6.07 Å². The lowest BCUT2D eigenvalue weighted by Gasteiger charge is -2.21. The van der Waals surface area contributed by atoms with Gasteiger partial charge >= 0.3 is 0 Å². The van der Waals surface area contributed by atoms with E-state index in [0.717, 1.165) is 0 Å². The van der Waals surface area contributed by atoms with E-state index in [1.807, 2.05) is 6.92 Å². The highest BCUT2D eigenvalue weighted by molar-refractivity contribution is 7.20. The molecule has 0 saturated carbocycles. The zero-order chi connectivity index (χ0) is 13.0. The Kier molecular flexibility index (Phi) is 5.26. The lowest BCUT2D eigenvalue weighted by molar-refractivity contribution is 0.0753. The van der Waals surface area contributed by atoms with Gasteiger partial charge in [-0.2, -0.15) is 5.26 Å². The number of rotatable bonds is 4. The van der Waals surface area contributed by atoms with Gasteiger partial charge in [-0.25, -0.2) is 0 Å². The summed E-state index contributed by atoms with van der Waals surface area (Å²) in [5.74, 6) is -0.380. The van der Waals surface area contributed by atoms with Crippen molar-refractivity contribution in [3.8, 4) is 6.07 Å². The maximum absolute atomic E-state index is 12.1. The third kappa shape index (κ3) is 3.60. The predicted octanol–water partition coefficient (Wildman–Crippen LogP) is 3.68. The molecule has 1 heterocycles. The van der Waals surface area contributed by atoms with Crippen molar-refractivity contribution in [3.63, 3.8) is 0 Å². The summed E-state index contributed by atoms with van der Waals surface area (Å²) >= 11 is 12.9. The molecule has 1 rings (SSSR count). The third-order valence-corrected chi connectivity index (χ3v) is 3.76. The molecule has 0 spiro atoms. The lowest BCUT2D eigenvalue weighted by atomic mass is 10.2. The molecule has 1 aromatic rings. The molecule has 17 heavy (non-hydrogen) atoms. The van der Waals surface area contributed by atoms with Crippen LogP contribution in [0.2, 0.25) is 8.67 Å². The van der Waals surface area contributed by atoms with Crippen molar-refractivity contribution in [3.05, 3.63) is 20.3 Å². The van der Waals surface area contributed by atoms with Crippen LogP contribution in [-0.2, 0) is 0 Å². The Bertz CT molecular complexity index is 453. The molecule has 1 atom stereocenters. The van der Waals surface area contributed by atoms with E-state index >= 15 is 0 Å². The van der Waals surface area contributed by atoms with Gasteiger partial charge in [-0.05, 0) is 19.9 Å². The van der Waals surface area contributed by atoms with Gasteiger partial charge in [0, 0.05) is 13.1 Å². The van der Waals surface area contributed by atoms with Crippen LogP contribution in [0.4, 0.5) is 0 Å². The number of nitriles is 1. The number of amides is 1. The third-order valence-electron chi connectivity index (χ3n) is 2.27. The molecule has 0 aliphatic carbocycles. The van der Waals surface area contributed by atoms with Crippen LogP contribution in [0.3, 0.4) is 0 Å². The molecular formula is C11H12Cl2N2OS. The van der Waals surface area contributed by atoms with Crippen LogP contribution in [0, 0.1) is 17.2 Å². The van der Waals surface area contributed by atoms with Crippen molar-refractivity contribution in [1.82, 2.24) is 4.90 Å². The second-order valence-electron chi connectivity index (χ2n) is 3.61. The molecule has 1 unspecified atom stereocenters. The summed E-state index contributed by atoms with van der Waals surface area (Å²) in [4.78, 5) is 13.7. The topological polar surface area (TPSA) is 44.1 Å². The van der Waals surface area contributed by atoms with Gasteiger partial charge in [0.25, 0.3) is 5.91 Å². The maximum atomic E-state index is 12.1. The highest BCUT2D eigenvalue weighted by atomic mass is 35.5. The van der Waals surface area contributed by atoms with Gasteiger partial charge in [0.05, 0.1) is 21.9 Å². The van der Waals surface area contributed by atoms with Crippen molar-refractivity contribution < 1.29 is 4.79 Å². The minimum Gasteiger partial charge on any atom is -0.338 e. The average molecular weight is 291 g/mol. The normalized spacial score (nSPS) is 11.9. The van der Waals surface area contributed by atoms with E-state index in [4.69, 9.17) is 28.5 Å². The van der Waals surface area contributed by atoms with Gasteiger partial charge < -0.3 is 4.90 Å². The fourth-order valence-electron chi connectivity index (χ4n) is 1.38. The minimum atomic E-state index is -0.202. The summed E-state index contributed by atoms with van der Waals surface area (Å²) in [6, 6.07) is 3.67. The molecule has 1 amide bonds. The zero-order valence-corrected chi connectivity index (χ0v) is 11.9. The van der Waals surface area contributed by atoms with Crippen molar-refractivity contribution >= 4 is 40.4 Å². The van der Waals surface area contributed by atoms with E-state index in [2.05, 4.69) is 6.07 Å². The molecule has 0 N–H and O–H groups in total. The van der Waals surface area contributed by atoms with Crippen LogP contribution in [0.25, 0.3) is 0 Å². The smallest absolute Gasteiger partial charge is 0.256 e.